The number of nitrogens with zero attached hydrogens (tertiary/aromatic N) is 5. The maximum absolute atomic E-state index is 14.1. The minimum Gasteiger partial charge on any atom is -0.274 e. The van der Waals surface area contributed by atoms with Crippen molar-refractivity contribution in [3.8, 4) is 33.9 Å². The topological polar surface area (TPSA) is 113 Å². The van der Waals surface area contributed by atoms with Crippen molar-refractivity contribution in [2.75, 3.05) is 11.4 Å². The second kappa shape index (κ2) is 13.4. The fraction of sp³-hybridized carbons (Fsp3) is 0.186. The third-order valence-electron chi connectivity index (χ3n) is 10.1. The zero-order chi connectivity index (χ0) is 35.9. The van der Waals surface area contributed by atoms with Crippen LogP contribution in [-0.4, -0.2) is 50.0 Å². The third kappa shape index (κ3) is 5.55. The number of pyridine rings is 3. The Bertz CT molecular complexity index is 2270. The molecule has 0 bridgehead atoms. The van der Waals surface area contributed by atoms with E-state index >= 15 is 0 Å². The van der Waals surface area contributed by atoms with Crippen LogP contribution in [0.1, 0.15) is 81.0 Å². The molecular weight excluding hydrogens is 651 g/mol. The molecule has 2 aliphatic rings. The predicted octanol–water partition coefficient (Wildman–Crippen LogP) is 8.64. The fourth-order valence-electron chi connectivity index (χ4n) is 7.29. The molecule has 8 rings (SSSR count). The lowest BCUT2D eigenvalue weighted by Gasteiger charge is -2.33. The smallest absolute Gasteiger partial charge is 0.265 e. The molecule has 3 aromatic heterocycles. The van der Waals surface area contributed by atoms with Crippen molar-refractivity contribution in [1.29, 1.82) is 0 Å². The van der Waals surface area contributed by atoms with Crippen LogP contribution in [0.25, 0.3) is 44.7 Å². The van der Waals surface area contributed by atoms with E-state index in [1.54, 1.807) is 48.8 Å². The van der Waals surface area contributed by atoms with E-state index < -0.39 is 11.8 Å². The highest BCUT2D eigenvalue weighted by atomic mass is 16.2. The average molecular weight is 686 g/mol. The van der Waals surface area contributed by atoms with Crippen molar-refractivity contribution in [1.82, 2.24) is 19.9 Å². The van der Waals surface area contributed by atoms with Crippen LogP contribution in [-0.2, 0) is 0 Å². The predicted molar refractivity (Wildman–Crippen MR) is 200 cm³/mol. The van der Waals surface area contributed by atoms with Crippen molar-refractivity contribution in [2.45, 2.75) is 39.5 Å². The molecule has 0 fully saturated rings. The first kappa shape index (κ1) is 32.8. The van der Waals surface area contributed by atoms with Gasteiger partial charge in [-0.2, -0.15) is 0 Å². The Morgan fingerprint density at radius 1 is 0.577 bits per heavy atom. The Hall–Kier alpha value is -6.35. The highest BCUT2D eigenvalue weighted by molar-refractivity contribution is 6.39. The summed E-state index contributed by atoms with van der Waals surface area (Å²) in [4.78, 5) is 72.1. The van der Waals surface area contributed by atoms with Crippen LogP contribution < -0.4 is 4.90 Å². The number of rotatable bonds is 10. The number of aromatic nitrogens is 3. The molecular formula is C43H35N5O4. The molecule has 52 heavy (non-hydrogen) atoms. The number of benzene rings is 3. The van der Waals surface area contributed by atoms with Gasteiger partial charge in [-0.05, 0) is 96.3 Å². The molecule has 3 aromatic carbocycles. The number of unbranched alkanes of at least 4 members (excludes halogenated alkanes) is 1. The normalized spacial score (nSPS) is 14.3. The van der Waals surface area contributed by atoms with Crippen molar-refractivity contribution in [3.05, 3.63) is 132 Å². The van der Waals surface area contributed by atoms with E-state index in [0.717, 1.165) is 53.1 Å². The number of carbonyl (C=O) groups excluding carboxylic acids is 4. The summed E-state index contributed by atoms with van der Waals surface area (Å²) in [6, 6.07) is 28.9. The van der Waals surface area contributed by atoms with Gasteiger partial charge in [-0.1, -0.05) is 57.4 Å². The average Bonchev–Trinajstić information content (AvgIpc) is 3.19. The van der Waals surface area contributed by atoms with E-state index in [0.29, 0.717) is 45.5 Å². The van der Waals surface area contributed by atoms with Crippen LogP contribution in [0, 0.1) is 5.92 Å². The number of carbonyl (C=O) groups is 4. The van der Waals surface area contributed by atoms with Gasteiger partial charge in [0.05, 0.1) is 28.5 Å². The van der Waals surface area contributed by atoms with E-state index in [1.165, 1.54) is 4.90 Å². The first-order chi connectivity index (χ1) is 25.4. The van der Waals surface area contributed by atoms with Crippen LogP contribution in [0.15, 0.2) is 109 Å². The molecule has 4 amide bonds. The third-order valence-corrected chi connectivity index (χ3v) is 10.1. The maximum Gasteiger partial charge on any atom is 0.265 e. The van der Waals surface area contributed by atoms with Crippen molar-refractivity contribution >= 4 is 40.1 Å². The molecule has 0 spiro atoms. The Morgan fingerprint density at radius 2 is 1.10 bits per heavy atom. The molecule has 5 heterocycles. The summed E-state index contributed by atoms with van der Waals surface area (Å²) in [5.74, 6) is -1.60. The lowest BCUT2D eigenvalue weighted by Crippen LogP contribution is -2.44. The van der Waals surface area contributed by atoms with Gasteiger partial charge >= 0.3 is 0 Å². The summed E-state index contributed by atoms with van der Waals surface area (Å²) in [5.41, 5.74) is 6.14. The van der Waals surface area contributed by atoms with Gasteiger partial charge in [0.1, 0.15) is 0 Å². The van der Waals surface area contributed by atoms with Gasteiger partial charge in [0.25, 0.3) is 23.6 Å². The summed E-state index contributed by atoms with van der Waals surface area (Å²) in [6.07, 6.45) is 7.31. The van der Waals surface area contributed by atoms with E-state index in [4.69, 9.17) is 4.98 Å². The zero-order valence-corrected chi connectivity index (χ0v) is 28.9. The van der Waals surface area contributed by atoms with Gasteiger partial charge < -0.3 is 0 Å². The number of hydrogen-bond donors (Lipinski definition) is 0. The number of hydrogen-bond acceptors (Lipinski definition) is 7. The minimum atomic E-state index is -0.513. The van der Waals surface area contributed by atoms with Crippen LogP contribution in [0.5, 0.6) is 0 Å². The summed E-state index contributed by atoms with van der Waals surface area (Å²) >= 11 is 0. The van der Waals surface area contributed by atoms with Gasteiger partial charge in [0.15, 0.2) is 0 Å². The highest BCUT2D eigenvalue weighted by Gasteiger charge is 2.40. The van der Waals surface area contributed by atoms with Crippen LogP contribution in [0.2, 0.25) is 0 Å². The Kier molecular flexibility index (Phi) is 8.47. The first-order valence-corrected chi connectivity index (χ1v) is 17.7. The largest absolute Gasteiger partial charge is 0.274 e. The fourth-order valence-corrected chi connectivity index (χ4v) is 7.29. The van der Waals surface area contributed by atoms with Gasteiger partial charge in [0, 0.05) is 52.0 Å². The van der Waals surface area contributed by atoms with E-state index in [-0.39, 0.29) is 28.9 Å². The second-order valence-corrected chi connectivity index (χ2v) is 13.3. The molecule has 256 valence electrons. The number of imide groups is 2. The maximum atomic E-state index is 14.1. The van der Waals surface area contributed by atoms with Gasteiger partial charge in [0.2, 0.25) is 0 Å². The van der Waals surface area contributed by atoms with Gasteiger partial charge in [-0.15, -0.1) is 0 Å². The van der Waals surface area contributed by atoms with Gasteiger partial charge in [-0.3, -0.25) is 34.0 Å². The Labute approximate surface area is 301 Å². The van der Waals surface area contributed by atoms with E-state index in [1.807, 2.05) is 60.7 Å². The molecule has 9 heteroatoms. The van der Waals surface area contributed by atoms with Crippen molar-refractivity contribution in [3.63, 3.8) is 0 Å². The standard InChI is InChI=1S/C43H35N5O4/c1-3-5-10-26(4-2)25-47-40(49)30-17-19-32-39-33(20-18-31(38(30)39)41(47)50)43(52)48(42(32)51)29-15-13-27(14-16-29)28-23-36(34-11-6-8-21-44-34)46-37(24-28)35-12-7-9-22-45-35/h6-9,11-24,26H,3-5,10,25H2,1-2H3. The van der Waals surface area contributed by atoms with E-state index in [2.05, 4.69) is 23.8 Å². The number of anilines is 1. The molecule has 0 saturated carbocycles. The quantitative estimate of drug-likeness (QED) is 0.133. The summed E-state index contributed by atoms with van der Waals surface area (Å²) in [5, 5.41) is 0.739. The molecule has 9 nitrogen and oxygen atoms in total. The molecule has 2 aliphatic heterocycles. The van der Waals surface area contributed by atoms with Crippen molar-refractivity contribution in [2.24, 2.45) is 5.92 Å². The number of amides is 4. The highest BCUT2D eigenvalue weighted by Crippen LogP contribution is 2.40. The molecule has 6 aromatic rings. The zero-order valence-electron chi connectivity index (χ0n) is 28.9. The molecule has 0 aliphatic carbocycles. The summed E-state index contributed by atoms with van der Waals surface area (Å²) in [7, 11) is 0. The summed E-state index contributed by atoms with van der Waals surface area (Å²) < 4.78 is 0. The molecule has 0 N–H and O–H groups in total. The van der Waals surface area contributed by atoms with Crippen LogP contribution in [0.3, 0.4) is 0 Å². The van der Waals surface area contributed by atoms with E-state index in [9.17, 15) is 19.2 Å². The van der Waals surface area contributed by atoms with Gasteiger partial charge in [-0.25, -0.2) is 9.88 Å². The Morgan fingerprint density at radius 3 is 1.56 bits per heavy atom. The SMILES string of the molecule is CCCCC(CC)CN1C(=O)c2ccc3c4c(ccc(c24)C1=O)C(=O)N(c1ccc(-c2cc(-c4ccccn4)nc(-c4ccccn4)c2)cc1)C3=O. The van der Waals surface area contributed by atoms with Crippen LogP contribution >= 0.6 is 0 Å². The van der Waals surface area contributed by atoms with Crippen molar-refractivity contribution < 1.29 is 19.2 Å². The molecule has 1 unspecified atom stereocenters. The van der Waals surface area contributed by atoms with Crippen LogP contribution in [0.4, 0.5) is 5.69 Å². The monoisotopic (exact) mass is 685 g/mol. The summed E-state index contributed by atoms with van der Waals surface area (Å²) in [6.45, 7) is 4.54. The lowest BCUT2D eigenvalue weighted by atomic mass is 9.85. The molecule has 0 radical (unpaired) electrons. The molecule has 0 saturated heterocycles. The second-order valence-electron chi connectivity index (χ2n) is 13.3. The lowest BCUT2D eigenvalue weighted by molar-refractivity contribution is 0.0578. The Balaban J connectivity index is 1.13. The first-order valence-electron chi connectivity index (χ1n) is 17.7. The minimum absolute atomic E-state index is 0.204. The molecule has 1 atom stereocenters.